The topological polar surface area (TPSA) is 84.6 Å². The van der Waals surface area contributed by atoms with E-state index >= 15 is 0 Å². The van der Waals surface area contributed by atoms with Gasteiger partial charge in [-0.2, -0.15) is 14.9 Å². The molecule has 0 bridgehead atoms. The van der Waals surface area contributed by atoms with Gasteiger partial charge in [-0.3, -0.25) is 10.1 Å². The normalized spacial score (nSPS) is 16.1. The van der Waals surface area contributed by atoms with Crippen molar-refractivity contribution in [3.63, 3.8) is 0 Å². The van der Waals surface area contributed by atoms with E-state index in [1.807, 2.05) is 16.8 Å². The summed E-state index contributed by atoms with van der Waals surface area (Å²) < 4.78 is 1.82. The summed E-state index contributed by atoms with van der Waals surface area (Å²) in [4.78, 5) is 4.06. The van der Waals surface area contributed by atoms with E-state index in [1.165, 1.54) is 11.3 Å². The number of nitrogens with one attached hydrogen (secondary N) is 1. The Labute approximate surface area is 136 Å². The molecule has 3 aromatic rings. The molecule has 8 heteroatoms. The van der Waals surface area contributed by atoms with Crippen LogP contribution in [0.1, 0.15) is 23.2 Å². The smallest absolute Gasteiger partial charge is 0.212 e. The molecule has 3 aromatic heterocycles. The number of thioether (sulfide) groups is 1. The zero-order chi connectivity index (χ0) is 15.2. The molecule has 0 radical (unpaired) electrons. The predicted octanol–water partition coefficient (Wildman–Crippen LogP) is 1.91. The van der Waals surface area contributed by atoms with Crippen LogP contribution in [0.3, 0.4) is 0 Å². The minimum Gasteiger partial charge on any atom is -0.282 e. The van der Waals surface area contributed by atoms with Crippen LogP contribution < -0.4 is 0 Å². The lowest BCUT2D eigenvalue weighted by Gasteiger charge is -2.13. The lowest BCUT2D eigenvalue weighted by atomic mass is 10.2. The molecule has 114 valence electrons. The lowest BCUT2D eigenvalue weighted by Crippen LogP contribution is -2.14. The van der Waals surface area contributed by atoms with Crippen LogP contribution in [-0.4, -0.2) is 41.5 Å². The van der Waals surface area contributed by atoms with Crippen molar-refractivity contribution in [1.29, 1.82) is 0 Å². The third kappa shape index (κ3) is 2.02. The molecule has 0 saturated heterocycles. The molecule has 23 heavy (non-hydrogen) atoms. The van der Waals surface area contributed by atoms with E-state index in [-0.39, 0.29) is 0 Å². The van der Waals surface area contributed by atoms with Crippen molar-refractivity contribution in [3.05, 3.63) is 41.3 Å². The van der Waals surface area contributed by atoms with Crippen LogP contribution >= 0.6 is 11.8 Å². The van der Waals surface area contributed by atoms with Crippen LogP contribution in [0, 0.1) is 0 Å². The Hall–Kier alpha value is -2.48. The van der Waals surface area contributed by atoms with E-state index in [0.29, 0.717) is 0 Å². The summed E-state index contributed by atoms with van der Waals surface area (Å²) in [5.74, 6) is 1.50. The molecular formula is C15H13N7S. The van der Waals surface area contributed by atoms with Gasteiger partial charge in [-0.15, -0.1) is 10.2 Å². The number of aromatic nitrogens is 6. The van der Waals surface area contributed by atoms with E-state index in [0.717, 1.165) is 53.0 Å². The maximum absolute atomic E-state index is 4.76. The van der Waals surface area contributed by atoms with Gasteiger partial charge in [0, 0.05) is 35.0 Å². The quantitative estimate of drug-likeness (QED) is 0.779. The zero-order valence-electron chi connectivity index (χ0n) is 12.2. The predicted molar refractivity (Wildman–Crippen MR) is 86.5 cm³/mol. The lowest BCUT2D eigenvalue weighted by molar-refractivity contribution is 0.758. The Bertz CT molecular complexity index is 909. The third-order valence-electron chi connectivity index (χ3n) is 4.20. The van der Waals surface area contributed by atoms with E-state index in [9.17, 15) is 0 Å². The Morgan fingerprint density at radius 2 is 2.04 bits per heavy atom. The molecule has 0 aromatic carbocycles. The Morgan fingerprint density at radius 3 is 2.96 bits per heavy atom. The first kappa shape index (κ1) is 13.0. The second kappa shape index (κ2) is 5.02. The molecule has 7 nitrogen and oxygen atoms in total. The SMILES string of the molecule is c1cc(C2=Nn3c(nnc3-c3n[nH]c4c3CCC4)SC2)ccn1. The van der Waals surface area contributed by atoms with Gasteiger partial charge in [0.25, 0.3) is 0 Å². The van der Waals surface area contributed by atoms with Crippen molar-refractivity contribution in [3.8, 4) is 11.5 Å². The fourth-order valence-corrected chi connectivity index (χ4v) is 3.90. The van der Waals surface area contributed by atoms with Gasteiger partial charge in [0.2, 0.25) is 11.0 Å². The molecule has 0 fully saturated rings. The number of aromatic amines is 1. The summed E-state index contributed by atoms with van der Waals surface area (Å²) in [5, 5.41) is 21.8. The first-order chi connectivity index (χ1) is 11.4. The van der Waals surface area contributed by atoms with E-state index in [2.05, 4.69) is 25.4 Å². The molecule has 1 aliphatic carbocycles. The number of pyridine rings is 1. The maximum Gasteiger partial charge on any atom is 0.212 e. The summed E-state index contributed by atoms with van der Waals surface area (Å²) in [6.45, 7) is 0. The summed E-state index contributed by atoms with van der Waals surface area (Å²) in [5.41, 5.74) is 5.44. The molecule has 5 rings (SSSR count). The molecule has 0 amide bonds. The van der Waals surface area contributed by atoms with Gasteiger partial charge in [-0.1, -0.05) is 11.8 Å². The van der Waals surface area contributed by atoms with Crippen LogP contribution in [0.2, 0.25) is 0 Å². The Morgan fingerprint density at radius 1 is 1.13 bits per heavy atom. The zero-order valence-corrected chi connectivity index (χ0v) is 13.0. The average Bonchev–Trinajstić information content (AvgIpc) is 3.30. The minimum atomic E-state index is 0.721. The van der Waals surface area contributed by atoms with Crippen LogP contribution in [0.15, 0.2) is 34.8 Å². The van der Waals surface area contributed by atoms with Gasteiger partial charge in [0.15, 0.2) is 0 Å². The van der Waals surface area contributed by atoms with Crippen molar-refractivity contribution in [1.82, 2.24) is 30.1 Å². The first-order valence-electron chi connectivity index (χ1n) is 7.53. The van der Waals surface area contributed by atoms with Crippen molar-refractivity contribution < 1.29 is 0 Å². The molecule has 1 N–H and O–H groups in total. The largest absolute Gasteiger partial charge is 0.282 e. The highest BCUT2D eigenvalue weighted by Gasteiger charge is 2.26. The number of H-pyrrole nitrogens is 1. The van der Waals surface area contributed by atoms with Gasteiger partial charge in [-0.25, -0.2) is 0 Å². The van der Waals surface area contributed by atoms with Gasteiger partial charge < -0.3 is 0 Å². The number of rotatable bonds is 2. The molecule has 0 spiro atoms. The fourth-order valence-electron chi connectivity index (χ4n) is 3.07. The maximum atomic E-state index is 4.76. The van der Waals surface area contributed by atoms with Crippen molar-refractivity contribution in [2.24, 2.45) is 5.10 Å². The van der Waals surface area contributed by atoms with Gasteiger partial charge in [0.1, 0.15) is 5.69 Å². The number of aryl methyl sites for hydroxylation is 1. The second-order valence-electron chi connectivity index (χ2n) is 5.57. The van der Waals surface area contributed by atoms with Gasteiger partial charge in [0.05, 0.1) is 5.71 Å². The molecule has 1 aliphatic heterocycles. The molecular weight excluding hydrogens is 310 g/mol. The number of hydrogen-bond acceptors (Lipinski definition) is 6. The second-order valence-corrected chi connectivity index (χ2v) is 6.51. The van der Waals surface area contributed by atoms with Crippen molar-refractivity contribution in [2.75, 3.05) is 5.75 Å². The summed E-state index contributed by atoms with van der Waals surface area (Å²) in [6, 6.07) is 3.95. The first-order valence-corrected chi connectivity index (χ1v) is 8.51. The Kier molecular flexibility index (Phi) is 2.84. The number of hydrogen-bond donors (Lipinski definition) is 1. The van der Waals surface area contributed by atoms with E-state index < -0.39 is 0 Å². The Balaban J connectivity index is 1.63. The van der Waals surface area contributed by atoms with Crippen molar-refractivity contribution >= 4 is 17.5 Å². The van der Waals surface area contributed by atoms with Crippen LogP contribution in [0.25, 0.3) is 11.5 Å². The summed E-state index contributed by atoms with van der Waals surface area (Å²) in [6.07, 6.45) is 6.83. The molecule has 0 saturated carbocycles. The molecule has 4 heterocycles. The monoisotopic (exact) mass is 323 g/mol. The van der Waals surface area contributed by atoms with Gasteiger partial charge in [-0.05, 0) is 31.4 Å². The van der Waals surface area contributed by atoms with Crippen LogP contribution in [0.5, 0.6) is 0 Å². The molecule has 2 aliphatic rings. The van der Waals surface area contributed by atoms with E-state index in [4.69, 9.17) is 5.10 Å². The van der Waals surface area contributed by atoms with E-state index in [1.54, 1.807) is 24.2 Å². The molecule has 0 atom stereocenters. The number of fused-ring (bicyclic) bond motifs is 2. The summed E-state index contributed by atoms with van der Waals surface area (Å²) in [7, 11) is 0. The highest BCUT2D eigenvalue weighted by atomic mass is 32.2. The highest BCUT2D eigenvalue weighted by molar-refractivity contribution is 7.99. The summed E-state index contributed by atoms with van der Waals surface area (Å²) >= 11 is 1.64. The number of nitrogens with zero attached hydrogens (tertiary/aromatic N) is 6. The van der Waals surface area contributed by atoms with Crippen molar-refractivity contribution in [2.45, 2.75) is 24.4 Å². The third-order valence-corrected chi connectivity index (χ3v) is 5.13. The highest BCUT2D eigenvalue weighted by Crippen LogP contribution is 2.32. The standard InChI is InChI=1S/C15H13N7S/c1-2-10-11(3-1)17-18-13(10)14-19-20-15-22(14)21-12(8-23-15)9-4-6-16-7-5-9/h4-7H,1-3,8H2,(H,17,18). The van der Waals surface area contributed by atoms with Crippen LogP contribution in [0.4, 0.5) is 0 Å². The minimum absolute atomic E-state index is 0.721. The van der Waals surface area contributed by atoms with Gasteiger partial charge >= 0.3 is 0 Å². The fraction of sp³-hybridized carbons (Fsp3) is 0.267. The van der Waals surface area contributed by atoms with Crippen LogP contribution in [-0.2, 0) is 12.8 Å². The average molecular weight is 323 g/mol. The molecule has 0 unspecified atom stereocenters.